The normalized spacial score (nSPS) is 12.3. The molecule has 0 amide bonds. The van der Waals surface area contributed by atoms with Crippen molar-refractivity contribution >= 4 is 23.0 Å². The highest BCUT2D eigenvalue weighted by atomic mass is 35.5. The van der Waals surface area contributed by atoms with Crippen molar-refractivity contribution in [2.45, 2.75) is 13.1 Å². The van der Waals surface area contributed by atoms with E-state index < -0.39 is 11.7 Å². The van der Waals surface area contributed by atoms with Crippen molar-refractivity contribution < 1.29 is 13.2 Å². The molecule has 0 saturated heterocycles. The van der Waals surface area contributed by atoms with E-state index in [2.05, 4.69) is 10.5 Å². The Morgan fingerprint density at radius 1 is 1.05 bits per heavy atom. The molecule has 21 heavy (non-hydrogen) atoms. The molecule has 2 aromatic carbocycles. The molecular weight excluding hydrogens is 301 g/mol. The first-order chi connectivity index (χ1) is 9.89. The van der Waals surface area contributed by atoms with Gasteiger partial charge in [0.05, 0.1) is 17.0 Å². The summed E-state index contributed by atoms with van der Waals surface area (Å²) in [5, 5.41) is 4.47. The monoisotopic (exact) mass is 312 g/mol. The van der Waals surface area contributed by atoms with Crippen LogP contribution < -0.4 is 5.43 Å². The van der Waals surface area contributed by atoms with Gasteiger partial charge in [0, 0.05) is 10.6 Å². The summed E-state index contributed by atoms with van der Waals surface area (Å²) < 4.78 is 38.6. The summed E-state index contributed by atoms with van der Waals surface area (Å²) in [6, 6.07) is 12.2. The lowest BCUT2D eigenvalue weighted by atomic mass is 10.1. The van der Waals surface area contributed by atoms with Gasteiger partial charge < -0.3 is 0 Å². The largest absolute Gasteiger partial charge is 0.418 e. The maximum absolute atomic E-state index is 12.9. The number of halogens is 4. The van der Waals surface area contributed by atoms with Gasteiger partial charge >= 0.3 is 6.18 Å². The number of alkyl halides is 3. The lowest BCUT2D eigenvalue weighted by molar-refractivity contribution is -0.136. The van der Waals surface area contributed by atoms with Crippen molar-refractivity contribution in [1.82, 2.24) is 0 Å². The molecule has 110 valence electrons. The fourth-order valence-electron chi connectivity index (χ4n) is 1.79. The Balaban J connectivity index is 2.28. The van der Waals surface area contributed by atoms with Gasteiger partial charge in [0.15, 0.2) is 0 Å². The molecule has 2 nitrogen and oxygen atoms in total. The van der Waals surface area contributed by atoms with Gasteiger partial charge in [-0.1, -0.05) is 41.9 Å². The predicted molar refractivity (Wildman–Crippen MR) is 78.7 cm³/mol. The van der Waals surface area contributed by atoms with Crippen LogP contribution in [-0.4, -0.2) is 5.71 Å². The van der Waals surface area contributed by atoms with E-state index in [9.17, 15) is 13.2 Å². The van der Waals surface area contributed by atoms with E-state index >= 15 is 0 Å². The van der Waals surface area contributed by atoms with Crippen molar-refractivity contribution in [2.24, 2.45) is 5.10 Å². The van der Waals surface area contributed by atoms with E-state index in [1.165, 1.54) is 18.2 Å². The summed E-state index contributed by atoms with van der Waals surface area (Å²) in [5.74, 6) is 0. The van der Waals surface area contributed by atoms with Crippen LogP contribution in [0.25, 0.3) is 0 Å². The third-order valence-electron chi connectivity index (χ3n) is 2.84. The first-order valence-electron chi connectivity index (χ1n) is 6.11. The number of anilines is 1. The van der Waals surface area contributed by atoms with Crippen molar-refractivity contribution in [2.75, 3.05) is 5.43 Å². The minimum atomic E-state index is -4.43. The van der Waals surface area contributed by atoms with Gasteiger partial charge in [0.2, 0.25) is 0 Å². The average Bonchev–Trinajstić information content (AvgIpc) is 2.44. The predicted octanol–water partition coefficient (Wildman–Crippen LogP) is 5.19. The maximum atomic E-state index is 12.9. The quantitative estimate of drug-likeness (QED) is 0.611. The third-order valence-corrected chi connectivity index (χ3v) is 3.17. The Morgan fingerprint density at radius 2 is 1.67 bits per heavy atom. The van der Waals surface area contributed by atoms with Crippen LogP contribution in [0.3, 0.4) is 0 Å². The first-order valence-corrected chi connectivity index (χ1v) is 6.49. The highest BCUT2D eigenvalue weighted by Crippen LogP contribution is 2.34. The number of hydrogen-bond acceptors (Lipinski definition) is 2. The Morgan fingerprint density at radius 3 is 2.33 bits per heavy atom. The summed E-state index contributed by atoms with van der Waals surface area (Å²) in [6.45, 7) is 1.67. The second-order valence-electron chi connectivity index (χ2n) is 4.33. The van der Waals surface area contributed by atoms with Gasteiger partial charge in [0.1, 0.15) is 0 Å². The number of hydrazone groups is 1. The van der Waals surface area contributed by atoms with E-state index in [0.717, 1.165) is 6.07 Å². The van der Waals surface area contributed by atoms with Gasteiger partial charge in [-0.15, -0.1) is 0 Å². The number of nitrogens with zero attached hydrogens (tertiary/aromatic N) is 1. The summed E-state index contributed by atoms with van der Waals surface area (Å²) in [4.78, 5) is 0. The zero-order valence-corrected chi connectivity index (χ0v) is 11.8. The number of hydrogen-bond donors (Lipinski definition) is 1. The number of nitrogens with one attached hydrogen (secondary N) is 1. The van der Waals surface area contributed by atoms with Gasteiger partial charge in [-0.2, -0.15) is 18.3 Å². The summed E-state index contributed by atoms with van der Waals surface area (Å²) in [7, 11) is 0. The lowest BCUT2D eigenvalue weighted by Gasteiger charge is -2.12. The van der Waals surface area contributed by atoms with Crippen molar-refractivity contribution in [3.8, 4) is 0 Å². The van der Waals surface area contributed by atoms with Gasteiger partial charge in [0.25, 0.3) is 0 Å². The molecule has 0 heterocycles. The molecule has 0 atom stereocenters. The van der Waals surface area contributed by atoms with Crippen LogP contribution in [-0.2, 0) is 6.18 Å². The molecule has 1 N–H and O–H groups in total. The fourth-order valence-corrected chi connectivity index (χ4v) is 2.06. The summed E-state index contributed by atoms with van der Waals surface area (Å²) in [5.41, 5.74) is 2.75. The average molecular weight is 313 g/mol. The summed E-state index contributed by atoms with van der Waals surface area (Å²) in [6.07, 6.45) is -4.43. The van der Waals surface area contributed by atoms with E-state index in [0.29, 0.717) is 16.3 Å². The first kappa shape index (κ1) is 15.4. The molecule has 2 rings (SSSR count). The molecule has 0 radical (unpaired) electrons. The van der Waals surface area contributed by atoms with E-state index in [1.54, 1.807) is 31.2 Å². The van der Waals surface area contributed by atoms with Crippen LogP contribution in [0.2, 0.25) is 5.02 Å². The Kier molecular flexibility index (Phi) is 4.53. The molecule has 0 aliphatic heterocycles. The van der Waals surface area contributed by atoms with Crippen molar-refractivity contribution in [1.29, 1.82) is 0 Å². The highest BCUT2D eigenvalue weighted by Gasteiger charge is 2.33. The molecular formula is C15H12ClF3N2. The minimum absolute atomic E-state index is 0.101. The van der Waals surface area contributed by atoms with Gasteiger partial charge in [-0.05, 0) is 25.1 Å². The Hall–Kier alpha value is -2.01. The molecule has 0 aliphatic carbocycles. The van der Waals surface area contributed by atoms with Gasteiger partial charge in [-0.25, -0.2) is 0 Å². The minimum Gasteiger partial charge on any atom is -0.278 e. The lowest BCUT2D eigenvalue weighted by Crippen LogP contribution is -2.09. The SMILES string of the molecule is C/C(=N\Nc1ccccc1C(F)(F)F)c1ccccc1Cl. The van der Waals surface area contributed by atoms with Crippen molar-refractivity contribution in [3.05, 3.63) is 64.7 Å². The fraction of sp³-hybridized carbons (Fsp3) is 0.133. The number of para-hydroxylation sites is 1. The van der Waals surface area contributed by atoms with Crippen LogP contribution in [0.4, 0.5) is 18.9 Å². The van der Waals surface area contributed by atoms with Crippen LogP contribution in [0.5, 0.6) is 0 Å². The molecule has 0 saturated carbocycles. The molecule has 0 bridgehead atoms. The molecule has 2 aromatic rings. The molecule has 0 unspecified atom stereocenters. The van der Waals surface area contributed by atoms with Crippen LogP contribution >= 0.6 is 11.6 Å². The Bertz CT molecular complexity index is 666. The standard InChI is InChI=1S/C15H12ClF3N2/c1-10(11-6-2-4-8-13(11)16)20-21-14-9-5-3-7-12(14)15(17,18)19/h2-9,21H,1H3/b20-10+. The second kappa shape index (κ2) is 6.18. The number of benzene rings is 2. The van der Waals surface area contributed by atoms with Crippen LogP contribution in [0, 0.1) is 0 Å². The molecule has 0 aromatic heterocycles. The van der Waals surface area contributed by atoms with Crippen LogP contribution in [0.1, 0.15) is 18.1 Å². The summed E-state index contributed by atoms with van der Waals surface area (Å²) >= 11 is 6.02. The van der Waals surface area contributed by atoms with Gasteiger partial charge in [-0.3, -0.25) is 5.43 Å². The van der Waals surface area contributed by atoms with E-state index in [4.69, 9.17) is 11.6 Å². The smallest absolute Gasteiger partial charge is 0.278 e. The molecule has 6 heteroatoms. The molecule has 0 aliphatic rings. The van der Waals surface area contributed by atoms with Crippen molar-refractivity contribution in [3.63, 3.8) is 0 Å². The zero-order chi connectivity index (χ0) is 15.5. The van der Waals surface area contributed by atoms with Crippen LogP contribution in [0.15, 0.2) is 53.6 Å². The second-order valence-corrected chi connectivity index (χ2v) is 4.74. The molecule has 0 fully saturated rings. The zero-order valence-electron chi connectivity index (χ0n) is 11.1. The Labute approximate surface area is 125 Å². The maximum Gasteiger partial charge on any atom is 0.418 e. The van der Waals surface area contributed by atoms with E-state index in [1.807, 2.05) is 0 Å². The molecule has 0 spiro atoms. The van der Waals surface area contributed by atoms with E-state index in [-0.39, 0.29) is 5.69 Å². The highest BCUT2D eigenvalue weighted by molar-refractivity contribution is 6.34. The topological polar surface area (TPSA) is 24.4 Å². The number of rotatable bonds is 3. The third kappa shape index (κ3) is 3.76.